The Morgan fingerprint density at radius 1 is 1.48 bits per heavy atom. The molecular weight excluding hydrogens is 296 g/mol. The average Bonchev–Trinajstić information content (AvgIpc) is 2.92. The summed E-state index contributed by atoms with van der Waals surface area (Å²) in [6.45, 7) is 3.93. The van der Waals surface area contributed by atoms with E-state index in [0.29, 0.717) is 12.2 Å². The molecule has 0 bridgehead atoms. The summed E-state index contributed by atoms with van der Waals surface area (Å²) in [5, 5.41) is 10.9. The number of benzene rings is 1. The van der Waals surface area contributed by atoms with Gasteiger partial charge in [-0.15, -0.1) is 0 Å². The lowest BCUT2D eigenvalue weighted by Gasteiger charge is -2.19. The van der Waals surface area contributed by atoms with Gasteiger partial charge in [0.2, 0.25) is 10.0 Å². The number of aryl methyl sites for hydroxylation is 1. The first-order valence-electron chi connectivity index (χ1n) is 6.70. The largest absolute Gasteiger partial charge is 0.377 e. The first-order chi connectivity index (χ1) is 9.81. The summed E-state index contributed by atoms with van der Waals surface area (Å²) in [6.07, 6.45) is 1.56. The molecule has 7 nitrogen and oxygen atoms in total. The first-order valence-corrected chi connectivity index (χ1v) is 8.18. The molecule has 1 aromatic rings. The molecule has 1 N–H and O–H groups in total. The van der Waals surface area contributed by atoms with Gasteiger partial charge in [0.05, 0.1) is 15.9 Å². The van der Waals surface area contributed by atoms with Crippen LogP contribution in [0, 0.1) is 17.0 Å². The summed E-state index contributed by atoms with van der Waals surface area (Å²) in [5.74, 6) is 0. The van der Waals surface area contributed by atoms with Crippen molar-refractivity contribution in [3.63, 3.8) is 0 Å². The zero-order valence-electron chi connectivity index (χ0n) is 11.9. The second-order valence-electron chi connectivity index (χ2n) is 5.17. The molecule has 0 saturated carbocycles. The molecule has 1 aliphatic heterocycles. The van der Waals surface area contributed by atoms with Crippen LogP contribution >= 0.6 is 0 Å². The molecule has 2 unspecified atom stereocenters. The van der Waals surface area contributed by atoms with E-state index < -0.39 is 14.9 Å². The van der Waals surface area contributed by atoms with E-state index in [-0.39, 0.29) is 22.7 Å². The Morgan fingerprint density at radius 3 is 2.76 bits per heavy atom. The lowest BCUT2D eigenvalue weighted by Crippen LogP contribution is -2.40. The molecule has 0 radical (unpaired) electrons. The van der Waals surface area contributed by atoms with Gasteiger partial charge in [-0.2, -0.15) is 0 Å². The van der Waals surface area contributed by atoms with Gasteiger partial charge in [-0.3, -0.25) is 10.1 Å². The molecule has 1 fully saturated rings. The van der Waals surface area contributed by atoms with Crippen molar-refractivity contribution in [2.24, 2.45) is 0 Å². The number of sulfonamides is 1. The fraction of sp³-hybridized carbons (Fsp3) is 0.538. The Hall–Kier alpha value is -1.51. The highest BCUT2D eigenvalue weighted by Crippen LogP contribution is 2.23. The minimum absolute atomic E-state index is 0.107. The molecule has 8 heteroatoms. The third-order valence-electron chi connectivity index (χ3n) is 3.55. The molecule has 0 aliphatic carbocycles. The highest BCUT2D eigenvalue weighted by Gasteiger charge is 2.28. The molecule has 21 heavy (non-hydrogen) atoms. The van der Waals surface area contributed by atoms with Gasteiger partial charge in [-0.25, -0.2) is 13.1 Å². The minimum Gasteiger partial charge on any atom is -0.377 e. The average molecular weight is 314 g/mol. The third-order valence-corrected chi connectivity index (χ3v) is 5.11. The van der Waals surface area contributed by atoms with Crippen LogP contribution in [-0.2, 0) is 14.8 Å². The maximum Gasteiger partial charge on any atom is 0.273 e. The van der Waals surface area contributed by atoms with Crippen molar-refractivity contribution in [3.05, 3.63) is 33.9 Å². The van der Waals surface area contributed by atoms with Gasteiger partial charge >= 0.3 is 0 Å². The molecule has 1 saturated heterocycles. The van der Waals surface area contributed by atoms with Crippen molar-refractivity contribution in [1.29, 1.82) is 0 Å². The predicted molar refractivity (Wildman–Crippen MR) is 76.6 cm³/mol. The molecule has 0 aromatic heterocycles. The van der Waals surface area contributed by atoms with E-state index in [9.17, 15) is 18.5 Å². The van der Waals surface area contributed by atoms with Crippen molar-refractivity contribution in [1.82, 2.24) is 4.72 Å². The number of ether oxygens (including phenoxy) is 1. The molecule has 2 rings (SSSR count). The van der Waals surface area contributed by atoms with Crippen molar-refractivity contribution in [3.8, 4) is 0 Å². The van der Waals surface area contributed by atoms with Crippen LogP contribution < -0.4 is 4.72 Å². The number of nitrogens with one attached hydrogen (secondary N) is 1. The van der Waals surface area contributed by atoms with Crippen LogP contribution in [0.3, 0.4) is 0 Å². The number of hydrogen-bond acceptors (Lipinski definition) is 5. The number of hydrogen-bond donors (Lipinski definition) is 1. The molecule has 0 spiro atoms. The van der Waals surface area contributed by atoms with E-state index in [1.807, 2.05) is 0 Å². The van der Waals surface area contributed by atoms with Crippen LogP contribution in [0.2, 0.25) is 0 Å². The summed E-state index contributed by atoms with van der Waals surface area (Å²) in [6, 6.07) is 3.51. The van der Waals surface area contributed by atoms with Gasteiger partial charge in [0.25, 0.3) is 5.69 Å². The van der Waals surface area contributed by atoms with Crippen LogP contribution in [0.4, 0.5) is 5.69 Å². The van der Waals surface area contributed by atoms with E-state index in [1.165, 1.54) is 12.1 Å². The van der Waals surface area contributed by atoms with Crippen molar-refractivity contribution in [2.45, 2.75) is 43.7 Å². The normalized spacial score (nSPS) is 20.4. The van der Waals surface area contributed by atoms with Crippen LogP contribution in [0.15, 0.2) is 23.1 Å². The monoisotopic (exact) mass is 314 g/mol. The summed E-state index contributed by atoms with van der Waals surface area (Å²) in [5.41, 5.74) is 0.216. The second-order valence-corrected chi connectivity index (χ2v) is 6.88. The van der Waals surface area contributed by atoms with Crippen molar-refractivity contribution >= 4 is 15.7 Å². The van der Waals surface area contributed by atoms with Crippen molar-refractivity contribution in [2.75, 3.05) is 6.61 Å². The van der Waals surface area contributed by atoms with E-state index >= 15 is 0 Å². The Morgan fingerprint density at radius 2 is 2.19 bits per heavy atom. The number of nitro benzene ring substituents is 1. The molecule has 1 heterocycles. The molecule has 0 amide bonds. The van der Waals surface area contributed by atoms with Gasteiger partial charge in [-0.05, 0) is 32.8 Å². The maximum atomic E-state index is 12.3. The van der Waals surface area contributed by atoms with Gasteiger partial charge in [0.15, 0.2) is 0 Å². The summed E-state index contributed by atoms with van der Waals surface area (Å²) in [4.78, 5) is 10.2. The Balaban J connectivity index is 2.23. The fourth-order valence-corrected chi connectivity index (χ4v) is 3.63. The van der Waals surface area contributed by atoms with Crippen LogP contribution in [0.1, 0.15) is 25.3 Å². The predicted octanol–water partition coefficient (Wildman–Crippen LogP) is 1.75. The van der Waals surface area contributed by atoms with Crippen LogP contribution in [0.5, 0.6) is 0 Å². The lowest BCUT2D eigenvalue weighted by atomic mass is 10.1. The van der Waals surface area contributed by atoms with Crippen molar-refractivity contribution < 1.29 is 18.1 Å². The maximum absolute atomic E-state index is 12.3. The van der Waals surface area contributed by atoms with E-state index in [4.69, 9.17) is 4.74 Å². The Kier molecular flexibility index (Phi) is 4.60. The van der Waals surface area contributed by atoms with Gasteiger partial charge in [0, 0.05) is 24.3 Å². The Labute approximate surface area is 123 Å². The molecular formula is C13H18N2O5S. The fourth-order valence-electron chi connectivity index (χ4n) is 2.34. The molecule has 1 aliphatic rings. The highest BCUT2D eigenvalue weighted by molar-refractivity contribution is 7.89. The highest BCUT2D eigenvalue weighted by atomic mass is 32.2. The molecule has 1 aromatic carbocycles. The summed E-state index contributed by atoms with van der Waals surface area (Å²) >= 11 is 0. The smallest absolute Gasteiger partial charge is 0.273 e. The number of nitrogens with zero attached hydrogens (tertiary/aromatic N) is 1. The molecule has 116 valence electrons. The number of nitro groups is 1. The van der Waals surface area contributed by atoms with E-state index in [2.05, 4.69) is 4.72 Å². The zero-order chi connectivity index (χ0) is 15.6. The first kappa shape index (κ1) is 15.9. The summed E-state index contributed by atoms with van der Waals surface area (Å²) < 4.78 is 32.6. The Bertz CT molecular complexity index is 638. The SMILES string of the molecule is Cc1ccc(S(=O)(=O)NC(C)C2CCCO2)cc1[N+](=O)[O-]. The van der Waals surface area contributed by atoms with Crippen LogP contribution in [0.25, 0.3) is 0 Å². The minimum atomic E-state index is -3.80. The third kappa shape index (κ3) is 3.58. The lowest BCUT2D eigenvalue weighted by molar-refractivity contribution is -0.385. The van der Waals surface area contributed by atoms with Crippen LogP contribution in [-0.4, -0.2) is 32.1 Å². The van der Waals surface area contributed by atoms with E-state index in [1.54, 1.807) is 13.8 Å². The summed E-state index contributed by atoms with van der Waals surface area (Å²) in [7, 11) is -3.80. The van der Waals surface area contributed by atoms with Gasteiger partial charge in [-0.1, -0.05) is 6.07 Å². The topological polar surface area (TPSA) is 98.5 Å². The molecule has 2 atom stereocenters. The van der Waals surface area contributed by atoms with E-state index in [0.717, 1.165) is 18.9 Å². The van der Waals surface area contributed by atoms with Gasteiger partial charge in [0.1, 0.15) is 0 Å². The van der Waals surface area contributed by atoms with Gasteiger partial charge < -0.3 is 4.74 Å². The zero-order valence-corrected chi connectivity index (χ0v) is 12.7. The quantitative estimate of drug-likeness (QED) is 0.659. The standard InChI is InChI=1S/C13H18N2O5S/c1-9-5-6-11(8-12(9)15(16)17)21(18,19)14-10(2)13-4-3-7-20-13/h5-6,8,10,13-14H,3-4,7H2,1-2H3. The number of rotatable bonds is 5. The second kappa shape index (κ2) is 6.08.